The van der Waals surface area contributed by atoms with Gasteiger partial charge in [-0.2, -0.15) is 5.26 Å². The lowest BCUT2D eigenvalue weighted by Gasteiger charge is -2.23. The third-order valence-corrected chi connectivity index (χ3v) is 2.93. The van der Waals surface area contributed by atoms with Crippen LogP contribution in [0.4, 0.5) is 5.69 Å². The van der Waals surface area contributed by atoms with Crippen LogP contribution in [0.25, 0.3) is 0 Å². The maximum atomic E-state index is 8.82. The molecule has 0 radical (unpaired) electrons. The van der Waals surface area contributed by atoms with Crippen LogP contribution in [0.15, 0.2) is 18.2 Å². The molecular weight excluding hydrogens is 228 g/mol. The number of nitrogens with zero attached hydrogens (tertiary/aromatic N) is 1. The number of nitriles is 1. The number of hydrogen-bond acceptors (Lipinski definition) is 4. The van der Waals surface area contributed by atoms with Gasteiger partial charge in [0.1, 0.15) is 5.75 Å². The van der Waals surface area contributed by atoms with Crippen LogP contribution in [-0.4, -0.2) is 26.4 Å². The average molecular weight is 248 g/mol. The van der Waals surface area contributed by atoms with E-state index in [0.717, 1.165) is 18.7 Å². The predicted octanol–water partition coefficient (Wildman–Crippen LogP) is 2.79. The van der Waals surface area contributed by atoms with E-state index >= 15 is 0 Å². The maximum absolute atomic E-state index is 8.82. The first kappa shape index (κ1) is 14.3. The van der Waals surface area contributed by atoms with Crippen LogP contribution in [0.2, 0.25) is 0 Å². The van der Waals surface area contributed by atoms with Crippen molar-refractivity contribution >= 4 is 5.69 Å². The number of nitrogens with one attached hydrogen (secondary N) is 1. The molecule has 0 aliphatic carbocycles. The highest BCUT2D eigenvalue weighted by molar-refractivity contribution is 5.59. The Morgan fingerprint density at radius 3 is 2.61 bits per heavy atom. The fraction of sp³-hybridized carbons (Fsp3) is 0.500. The van der Waals surface area contributed by atoms with Gasteiger partial charge in [-0.1, -0.05) is 0 Å². The summed E-state index contributed by atoms with van der Waals surface area (Å²) < 4.78 is 10.6. The zero-order chi connectivity index (χ0) is 13.6. The molecule has 0 amide bonds. The van der Waals surface area contributed by atoms with E-state index in [1.807, 2.05) is 19.9 Å². The Bertz CT molecular complexity index is 436. The minimum Gasteiger partial charge on any atom is -0.495 e. The first-order valence-corrected chi connectivity index (χ1v) is 5.89. The van der Waals surface area contributed by atoms with Crippen molar-refractivity contribution in [3.05, 3.63) is 23.8 Å². The van der Waals surface area contributed by atoms with Crippen LogP contribution >= 0.6 is 0 Å². The zero-order valence-electron chi connectivity index (χ0n) is 11.4. The van der Waals surface area contributed by atoms with Gasteiger partial charge in [-0.05, 0) is 32.4 Å². The minimum atomic E-state index is -0.146. The van der Waals surface area contributed by atoms with Gasteiger partial charge >= 0.3 is 0 Å². The van der Waals surface area contributed by atoms with E-state index in [-0.39, 0.29) is 5.60 Å². The number of benzene rings is 1. The maximum Gasteiger partial charge on any atom is 0.143 e. The van der Waals surface area contributed by atoms with E-state index in [4.69, 9.17) is 14.7 Å². The van der Waals surface area contributed by atoms with Gasteiger partial charge in [0.05, 0.1) is 30.0 Å². The van der Waals surface area contributed by atoms with Crippen LogP contribution in [0.1, 0.15) is 25.8 Å². The highest BCUT2D eigenvalue weighted by Gasteiger charge is 2.15. The molecule has 0 atom stereocenters. The van der Waals surface area contributed by atoms with Crippen molar-refractivity contribution in [3.8, 4) is 11.8 Å². The first-order valence-electron chi connectivity index (χ1n) is 5.89. The summed E-state index contributed by atoms with van der Waals surface area (Å²) in [5.41, 5.74) is 1.34. The topological polar surface area (TPSA) is 54.3 Å². The Balaban J connectivity index is 2.65. The molecule has 0 bridgehead atoms. The van der Waals surface area contributed by atoms with Crippen molar-refractivity contribution in [1.29, 1.82) is 5.26 Å². The number of anilines is 1. The molecular formula is C14H20N2O2. The molecule has 4 nitrogen and oxygen atoms in total. The SMILES string of the molecule is COc1cc(C#N)ccc1NCCC(C)(C)OC. The second-order valence-corrected chi connectivity index (χ2v) is 4.67. The van der Waals surface area contributed by atoms with Gasteiger partial charge in [-0.25, -0.2) is 0 Å². The molecule has 18 heavy (non-hydrogen) atoms. The smallest absolute Gasteiger partial charge is 0.143 e. The first-order chi connectivity index (χ1) is 8.52. The molecule has 0 aromatic heterocycles. The van der Waals surface area contributed by atoms with Crippen LogP contribution in [0.5, 0.6) is 5.75 Å². The second-order valence-electron chi connectivity index (χ2n) is 4.67. The largest absolute Gasteiger partial charge is 0.495 e. The van der Waals surface area contributed by atoms with Crippen molar-refractivity contribution in [2.24, 2.45) is 0 Å². The van der Waals surface area contributed by atoms with Crippen molar-refractivity contribution < 1.29 is 9.47 Å². The van der Waals surface area contributed by atoms with Gasteiger partial charge in [-0.3, -0.25) is 0 Å². The molecule has 0 unspecified atom stereocenters. The number of methoxy groups -OCH3 is 2. The molecule has 98 valence electrons. The third-order valence-electron chi connectivity index (χ3n) is 2.93. The Kier molecular flexibility index (Phi) is 4.99. The predicted molar refractivity (Wildman–Crippen MR) is 71.9 cm³/mol. The molecule has 1 aromatic carbocycles. The number of ether oxygens (including phenoxy) is 2. The molecule has 1 rings (SSSR count). The second kappa shape index (κ2) is 6.27. The monoisotopic (exact) mass is 248 g/mol. The van der Waals surface area contributed by atoms with Crippen LogP contribution < -0.4 is 10.1 Å². The van der Waals surface area contributed by atoms with E-state index in [2.05, 4.69) is 11.4 Å². The Morgan fingerprint density at radius 1 is 1.33 bits per heavy atom. The Morgan fingerprint density at radius 2 is 2.06 bits per heavy atom. The lowest BCUT2D eigenvalue weighted by atomic mass is 10.1. The van der Waals surface area contributed by atoms with E-state index in [1.165, 1.54) is 0 Å². The molecule has 0 saturated heterocycles. The number of hydrogen-bond donors (Lipinski definition) is 1. The molecule has 1 aromatic rings. The Labute approximate surface area is 109 Å². The highest BCUT2D eigenvalue weighted by Crippen LogP contribution is 2.25. The van der Waals surface area contributed by atoms with Crippen LogP contribution in [0, 0.1) is 11.3 Å². The van der Waals surface area contributed by atoms with E-state index < -0.39 is 0 Å². The summed E-state index contributed by atoms with van der Waals surface area (Å²) in [7, 11) is 3.31. The summed E-state index contributed by atoms with van der Waals surface area (Å²) in [4.78, 5) is 0. The lowest BCUT2D eigenvalue weighted by molar-refractivity contribution is 0.0185. The fourth-order valence-corrected chi connectivity index (χ4v) is 1.51. The van der Waals surface area contributed by atoms with Gasteiger partial charge < -0.3 is 14.8 Å². The summed E-state index contributed by atoms with van der Waals surface area (Å²) in [5.74, 6) is 0.685. The molecule has 1 N–H and O–H groups in total. The number of rotatable bonds is 6. The summed E-state index contributed by atoms with van der Waals surface area (Å²) in [6, 6.07) is 7.45. The average Bonchev–Trinajstić information content (AvgIpc) is 2.38. The van der Waals surface area contributed by atoms with Crippen molar-refractivity contribution in [2.75, 3.05) is 26.1 Å². The summed E-state index contributed by atoms with van der Waals surface area (Å²) in [6.45, 7) is 4.87. The molecule has 0 aliphatic heterocycles. The summed E-state index contributed by atoms with van der Waals surface area (Å²) in [6.07, 6.45) is 0.882. The molecule has 4 heteroatoms. The third kappa shape index (κ3) is 3.94. The van der Waals surface area contributed by atoms with Gasteiger partial charge in [0.2, 0.25) is 0 Å². The molecule has 0 spiro atoms. The Hall–Kier alpha value is -1.73. The quantitative estimate of drug-likeness (QED) is 0.841. The van der Waals surface area contributed by atoms with Gasteiger partial charge in [0, 0.05) is 19.7 Å². The lowest BCUT2D eigenvalue weighted by Crippen LogP contribution is -2.25. The fourth-order valence-electron chi connectivity index (χ4n) is 1.51. The van der Waals surface area contributed by atoms with Crippen molar-refractivity contribution in [3.63, 3.8) is 0 Å². The normalized spacial score (nSPS) is 10.8. The molecule has 0 heterocycles. The van der Waals surface area contributed by atoms with E-state index in [0.29, 0.717) is 11.3 Å². The molecule has 0 saturated carbocycles. The minimum absolute atomic E-state index is 0.146. The van der Waals surface area contributed by atoms with Crippen LogP contribution in [-0.2, 0) is 4.74 Å². The highest BCUT2D eigenvalue weighted by atomic mass is 16.5. The van der Waals surface area contributed by atoms with Crippen molar-refractivity contribution in [2.45, 2.75) is 25.9 Å². The van der Waals surface area contributed by atoms with Gasteiger partial charge in [0.25, 0.3) is 0 Å². The molecule has 0 fully saturated rings. The van der Waals surface area contributed by atoms with Crippen LogP contribution in [0.3, 0.4) is 0 Å². The zero-order valence-corrected chi connectivity index (χ0v) is 11.4. The van der Waals surface area contributed by atoms with E-state index in [1.54, 1.807) is 26.4 Å². The summed E-state index contributed by atoms with van der Waals surface area (Å²) >= 11 is 0. The van der Waals surface area contributed by atoms with E-state index in [9.17, 15) is 0 Å². The molecule has 0 aliphatic rings. The van der Waals surface area contributed by atoms with Gasteiger partial charge in [-0.15, -0.1) is 0 Å². The standard InChI is InChI=1S/C14H20N2O2/c1-14(2,18-4)7-8-16-12-6-5-11(10-15)9-13(12)17-3/h5-6,9,16H,7-8H2,1-4H3. The van der Waals surface area contributed by atoms with Gasteiger partial charge in [0.15, 0.2) is 0 Å². The van der Waals surface area contributed by atoms with Crippen molar-refractivity contribution in [1.82, 2.24) is 0 Å². The summed E-state index contributed by atoms with van der Waals surface area (Å²) in [5, 5.41) is 12.1.